The number of benzene rings is 3. The Hall–Kier alpha value is -2.70. The van der Waals surface area contributed by atoms with E-state index in [0.29, 0.717) is 27.3 Å². The van der Waals surface area contributed by atoms with Crippen molar-refractivity contribution in [2.75, 3.05) is 0 Å². The van der Waals surface area contributed by atoms with Crippen LogP contribution in [0, 0.1) is 18.6 Å². The first-order valence-corrected chi connectivity index (χ1v) is 10.2. The van der Waals surface area contributed by atoms with E-state index in [4.69, 9.17) is 11.6 Å². The summed E-state index contributed by atoms with van der Waals surface area (Å²) in [6.45, 7) is 2.01. The van der Waals surface area contributed by atoms with Gasteiger partial charge in [0.05, 0.1) is 0 Å². The molecule has 0 spiro atoms. The molecule has 7 heteroatoms. The van der Waals surface area contributed by atoms with E-state index in [1.165, 1.54) is 30.0 Å². The van der Waals surface area contributed by atoms with Crippen molar-refractivity contribution in [1.82, 2.24) is 14.8 Å². The van der Waals surface area contributed by atoms with Crippen LogP contribution < -0.4 is 0 Å². The van der Waals surface area contributed by atoms with Crippen LogP contribution in [0.2, 0.25) is 5.02 Å². The summed E-state index contributed by atoms with van der Waals surface area (Å²) in [7, 11) is 0. The van der Waals surface area contributed by atoms with Crippen LogP contribution in [0.4, 0.5) is 8.78 Å². The Morgan fingerprint density at radius 1 is 0.931 bits per heavy atom. The Kier molecular flexibility index (Phi) is 5.65. The maximum Gasteiger partial charge on any atom is 0.196 e. The van der Waals surface area contributed by atoms with Crippen LogP contribution >= 0.6 is 23.4 Å². The lowest BCUT2D eigenvalue weighted by Gasteiger charge is -2.11. The van der Waals surface area contributed by atoms with Gasteiger partial charge >= 0.3 is 0 Å². The van der Waals surface area contributed by atoms with Gasteiger partial charge in [0, 0.05) is 27.6 Å². The van der Waals surface area contributed by atoms with Gasteiger partial charge < -0.3 is 0 Å². The Labute approximate surface area is 176 Å². The van der Waals surface area contributed by atoms with Gasteiger partial charge in [0.25, 0.3) is 0 Å². The second kappa shape index (κ2) is 8.35. The van der Waals surface area contributed by atoms with Crippen LogP contribution in [-0.2, 0) is 5.75 Å². The predicted molar refractivity (Wildman–Crippen MR) is 112 cm³/mol. The molecule has 29 heavy (non-hydrogen) atoms. The van der Waals surface area contributed by atoms with Gasteiger partial charge in [0.2, 0.25) is 0 Å². The number of halogens is 3. The van der Waals surface area contributed by atoms with Crippen molar-refractivity contribution >= 4 is 23.4 Å². The average Bonchev–Trinajstić information content (AvgIpc) is 3.13. The molecule has 0 N–H and O–H groups in total. The summed E-state index contributed by atoms with van der Waals surface area (Å²) in [5.41, 5.74) is 3.13. The maximum atomic E-state index is 14.2. The molecule has 3 nitrogen and oxygen atoms in total. The van der Waals surface area contributed by atoms with E-state index in [-0.39, 0.29) is 11.6 Å². The highest BCUT2D eigenvalue weighted by Gasteiger charge is 2.17. The molecule has 0 saturated heterocycles. The summed E-state index contributed by atoms with van der Waals surface area (Å²) in [6, 6.07) is 18.6. The van der Waals surface area contributed by atoms with Crippen LogP contribution in [0.5, 0.6) is 0 Å². The van der Waals surface area contributed by atoms with Crippen molar-refractivity contribution in [2.45, 2.75) is 17.8 Å². The number of rotatable bonds is 5. The number of aromatic nitrogens is 3. The third-order valence-electron chi connectivity index (χ3n) is 4.44. The van der Waals surface area contributed by atoms with Gasteiger partial charge in [-0.1, -0.05) is 47.1 Å². The lowest BCUT2D eigenvalue weighted by molar-refractivity contribution is 0.617. The van der Waals surface area contributed by atoms with Crippen molar-refractivity contribution in [3.05, 3.63) is 94.5 Å². The van der Waals surface area contributed by atoms with Crippen molar-refractivity contribution < 1.29 is 8.78 Å². The zero-order chi connectivity index (χ0) is 20.4. The molecule has 0 atom stereocenters. The van der Waals surface area contributed by atoms with Gasteiger partial charge in [-0.25, -0.2) is 8.78 Å². The number of thioether (sulfide) groups is 1. The highest BCUT2D eigenvalue weighted by Crippen LogP contribution is 2.32. The molecule has 0 bridgehead atoms. The van der Waals surface area contributed by atoms with Gasteiger partial charge in [-0.2, -0.15) is 0 Å². The number of hydrogen-bond acceptors (Lipinski definition) is 3. The fraction of sp³-hybridized carbons (Fsp3) is 0.0909. The minimum atomic E-state index is -0.356. The lowest BCUT2D eigenvalue weighted by Crippen LogP contribution is -2.00. The van der Waals surface area contributed by atoms with E-state index in [0.717, 1.165) is 16.8 Å². The fourth-order valence-electron chi connectivity index (χ4n) is 2.88. The molecule has 0 aliphatic carbocycles. The third kappa shape index (κ3) is 4.18. The zero-order valence-corrected chi connectivity index (χ0v) is 17.0. The molecule has 3 aromatic carbocycles. The van der Waals surface area contributed by atoms with E-state index in [9.17, 15) is 8.78 Å². The molecule has 0 radical (unpaired) electrons. The second-order valence-electron chi connectivity index (χ2n) is 6.47. The molecule has 4 aromatic rings. The number of nitrogens with zero attached hydrogens (tertiary/aromatic N) is 3. The van der Waals surface area contributed by atoms with Gasteiger partial charge in [0.1, 0.15) is 11.6 Å². The smallest absolute Gasteiger partial charge is 0.196 e. The zero-order valence-electron chi connectivity index (χ0n) is 15.4. The number of aryl methyl sites for hydroxylation is 1. The first-order chi connectivity index (χ1) is 14.0. The predicted octanol–water partition coefficient (Wildman–Crippen LogP) is 6.47. The van der Waals surface area contributed by atoms with E-state index in [2.05, 4.69) is 10.2 Å². The maximum absolute atomic E-state index is 14.2. The van der Waals surface area contributed by atoms with Crippen LogP contribution in [0.15, 0.2) is 71.9 Å². The minimum Gasteiger partial charge on any atom is -0.270 e. The topological polar surface area (TPSA) is 30.7 Å². The second-order valence-corrected chi connectivity index (χ2v) is 7.82. The summed E-state index contributed by atoms with van der Waals surface area (Å²) >= 11 is 7.49. The summed E-state index contributed by atoms with van der Waals surface area (Å²) in [5.74, 6) is 0.207. The van der Waals surface area contributed by atoms with E-state index in [1.807, 2.05) is 35.8 Å². The molecule has 0 amide bonds. The first-order valence-electron chi connectivity index (χ1n) is 8.87. The quantitative estimate of drug-likeness (QED) is 0.342. The first kappa shape index (κ1) is 19.6. The Morgan fingerprint density at radius 3 is 2.34 bits per heavy atom. The van der Waals surface area contributed by atoms with Crippen LogP contribution in [-0.4, -0.2) is 14.8 Å². The molecule has 1 heterocycles. The average molecular weight is 428 g/mol. The molecule has 146 valence electrons. The van der Waals surface area contributed by atoms with Gasteiger partial charge in [-0.15, -0.1) is 10.2 Å². The highest BCUT2D eigenvalue weighted by molar-refractivity contribution is 7.98. The normalized spacial score (nSPS) is 11.0. The van der Waals surface area contributed by atoms with Crippen LogP contribution in [0.1, 0.15) is 11.1 Å². The number of hydrogen-bond donors (Lipinski definition) is 0. The van der Waals surface area contributed by atoms with E-state index < -0.39 is 0 Å². The van der Waals surface area contributed by atoms with E-state index in [1.54, 1.807) is 24.3 Å². The Balaban J connectivity index is 1.75. The summed E-state index contributed by atoms with van der Waals surface area (Å²) in [6.07, 6.45) is 0. The molecule has 0 aliphatic heterocycles. The van der Waals surface area contributed by atoms with Gasteiger partial charge in [-0.3, -0.25) is 4.57 Å². The van der Waals surface area contributed by atoms with Crippen molar-refractivity contribution in [3.8, 4) is 17.1 Å². The lowest BCUT2D eigenvalue weighted by atomic mass is 10.2. The molecule has 0 aliphatic rings. The molecular weight excluding hydrogens is 412 g/mol. The molecule has 4 rings (SSSR count). The molecule has 0 fully saturated rings. The third-order valence-corrected chi connectivity index (χ3v) is 5.74. The van der Waals surface area contributed by atoms with Gasteiger partial charge in [0.15, 0.2) is 11.0 Å². The standard InChI is InChI=1S/C22H16ClF2N3S/c1-14-5-11-17(12-6-14)28-21(15-7-9-16(24)10-8-15)26-27-22(28)29-13-18-19(23)3-2-4-20(18)25/h2-12H,13H2,1H3. The minimum absolute atomic E-state index is 0.304. The van der Waals surface area contributed by atoms with Crippen LogP contribution in [0.3, 0.4) is 0 Å². The SMILES string of the molecule is Cc1ccc(-n2c(SCc3c(F)cccc3Cl)nnc2-c2ccc(F)cc2)cc1. The molecule has 0 saturated carbocycles. The Morgan fingerprint density at radius 2 is 1.66 bits per heavy atom. The fourth-order valence-corrected chi connectivity index (χ4v) is 4.18. The van der Waals surface area contributed by atoms with Crippen molar-refractivity contribution in [1.29, 1.82) is 0 Å². The molecular formula is C22H16ClF2N3S. The monoisotopic (exact) mass is 427 g/mol. The van der Waals surface area contributed by atoms with Crippen molar-refractivity contribution in [2.24, 2.45) is 0 Å². The van der Waals surface area contributed by atoms with Crippen LogP contribution in [0.25, 0.3) is 17.1 Å². The Bertz CT molecular complexity index is 1120. The van der Waals surface area contributed by atoms with E-state index >= 15 is 0 Å². The largest absolute Gasteiger partial charge is 0.270 e. The summed E-state index contributed by atoms with van der Waals surface area (Å²) in [5, 5.41) is 9.58. The van der Waals surface area contributed by atoms with Gasteiger partial charge in [-0.05, 0) is 55.5 Å². The summed E-state index contributed by atoms with van der Waals surface area (Å²) < 4.78 is 29.4. The van der Waals surface area contributed by atoms with Crippen molar-refractivity contribution in [3.63, 3.8) is 0 Å². The molecule has 1 aromatic heterocycles. The summed E-state index contributed by atoms with van der Waals surface area (Å²) in [4.78, 5) is 0. The molecule has 0 unspecified atom stereocenters. The highest BCUT2D eigenvalue weighted by atomic mass is 35.5.